The van der Waals surface area contributed by atoms with Crippen molar-refractivity contribution < 1.29 is 0 Å². The number of fused-ring (bicyclic) bond motifs is 3. The van der Waals surface area contributed by atoms with Gasteiger partial charge < -0.3 is 9.55 Å². The second-order valence-corrected chi connectivity index (χ2v) is 4.89. The quantitative estimate of drug-likeness (QED) is 0.784. The van der Waals surface area contributed by atoms with Gasteiger partial charge in [0.25, 0.3) is 5.56 Å². The molecule has 20 heavy (non-hydrogen) atoms. The van der Waals surface area contributed by atoms with Crippen molar-refractivity contribution >= 4 is 16.7 Å². The minimum Gasteiger partial charge on any atom is -0.306 e. The summed E-state index contributed by atoms with van der Waals surface area (Å²) in [5, 5.41) is 0. The molecule has 104 valence electrons. The van der Waals surface area contributed by atoms with Crippen molar-refractivity contribution in [3.05, 3.63) is 44.9 Å². The van der Waals surface area contributed by atoms with Crippen molar-refractivity contribution in [1.29, 1.82) is 0 Å². The smallest absolute Gasteiger partial charge is 0.277 e. The molecule has 0 saturated carbocycles. The van der Waals surface area contributed by atoms with Gasteiger partial charge >= 0.3 is 0 Å². The number of nitrogens with one attached hydrogen (secondary N) is 1. The van der Waals surface area contributed by atoms with Crippen LogP contribution < -0.4 is 11.1 Å². The Morgan fingerprint density at radius 3 is 2.80 bits per heavy atom. The highest BCUT2D eigenvalue weighted by molar-refractivity contribution is 5.75. The lowest BCUT2D eigenvalue weighted by Crippen LogP contribution is -2.24. The average Bonchev–Trinajstić information content (AvgIpc) is 2.82. The average molecular weight is 272 g/mol. The van der Waals surface area contributed by atoms with Crippen LogP contribution in [-0.4, -0.2) is 18.9 Å². The minimum absolute atomic E-state index is 0.0707. The second-order valence-electron chi connectivity index (χ2n) is 4.89. The molecule has 3 rings (SSSR count). The Kier molecular flexibility index (Phi) is 2.93. The maximum absolute atomic E-state index is 12.6. The largest absolute Gasteiger partial charge is 0.306 e. The number of hydrogen-bond donors (Lipinski definition) is 1. The lowest BCUT2D eigenvalue weighted by molar-refractivity contribution is 0.631. The van der Waals surface area contributed by atoms with Gasteiger partial charge in [0.1, 0.15) is 17.0 Å². The number of aromatic amines is 1. The Labute approximate surface area is 114 Å². The van der Waals surface area contributed by atoms with E-state index < -0.39 is 0 Å². The number of aryl methyl sites for hydroxylation is 2. The Hall–Kier alpha value is -2.37. The molecule has 0 unspecified atom stereocenters. The number of pyridine rings is 1. The van der Waals surface area contributed by atoms with Crippen molar-refractivity contribution in [3.63, 3.8) is 0 Å². The Balaban J connectivity index is 2.50. The molecule has 0 spiro atoms. The summed E-state index contributed by atoms with van der Waals surface area (Å²) in [5.41, 5.74) is 1.59. The molecule has 0 saturated heterocycles. The summed E-state index contributed by atoms with van der Waals surface area (Å²) in [4.78, 5) is 31.1. The van der Waals surface area contributed by atoms with Gasteiger partial charge in [0.2, 0.25) is 5.56 Å². The Morgan fingerprint density at radius 1 is 1.25 bits per heavy atom. The first kappa shape index (κ1) is 12.7. The molecule has 3 aromatic heterocycles. The molecule has 1 N–H and O–H groups in total. The molecule has 3 heterocycles. The van der Waals surface area contributed by atoms with Gasteiger partial charge in [-0.3, -0.25) is 14.0 Å². The molecular weight excluding hydrogens is 256 g/mol. The van der Waals surface area contributed by atoms with Crippen LogP contribution in [0.2, 0.25) is 0 Å². The summed E-state index contributed by atoms with van der Waals surface area (Å²) in [5.74, 6) is 0.687. The van der Waals surface area contributed by atoms with Gasteiger partial charge in [-0.1, -0.05) is 13.3 Å². The molecule has 0 aliphatic rings. The van der Waals surface area contributed by atoms with Gasteiger partial charge in [0.05, 0.1) is 11.7 Å². The van der Waals surface area contributed by atoms with Crippen molar-refractivity contribution in [2.75, 3.05) is 0 Å². The highest BCUT2D eigenvalue weighted by atomic mass is 16.1. The molecule has 0 atom stereocenters. The van der Waals surface area contributed by atoms with Gasteiger partial charge in [-0.05, 0) is 19.4 Å². The number of imidazole rings is 1. The normalized spacial score (nSPS) is 11.5. The van der Waals surface area contributed by atoms with Crippen LogP contribution in [0.3, 0.4) is 0 Å². The van der Waals surface area contributed by atoms with Crippen LogP contribution in [0.25, 0.3) is 16.7 Å². The van der Waals surface area contributed by atoms with Gasteiger partial charge in [-0.15, -0.1) is 0 Å². The molecule has 0 bridgehead atoms. The zero-order valence-electron chi connectivity index (χ0n) is 11.5. The number of aromatic nitrogens is 4. The van der Waals surface area contributed by atoms with Crippen LogP contribution in [0.1, 0.15) is 25.6 Å². The lowest BCUT2D eigenvalue weighted by Gasteiger charge is -2.11. The molecule has 0 aromatic carbocycles. The molecule has 0 aliphatic heterocycles. The number of H-pyrrole nitrogens is 1. The third-order valence-corrected chi connectivity index (χ3v) is 3.53. The molecule has 0 radical (unpaired) electrons. The van der Waals surface area contributed by atoms with Crippen LogP contribution in [0.4, 0.5) is 0 Å². The van der Waals surface area contributed by atoms with Crippen molar-refractivity contribution in [2.45, 2.75) is 33.2 Å². The zero-order valence-corrected chi connectivity index (χ0v) is 11.5. The van der Waals surface area contributed by atoms with E-state index in [9.17, 15) is 9.59 Å². The van der Waals surface area contributed by atoms with Gasteiger partial charge in [-0.25, -0.2) is 4.98 Å². The minimum atomic E-state index is -0.187. The van der Waals surface area contributed by atoms with E-state index in [2.05, 4.69) is 16.9 Å². The summed E-state index contributed by atoms with van der Waals surface area (Å²) in [6.45, 7) is 4.53. The van der Waals surface area contributed by atoms with Crippen molar-refractivity contribution in [3.8, 4) is 0 Å². The summed E-state index contributed by atoms with van der Waals surface area (Å²) < 4.78 is 3.42. The molecule has 6 heteroatoms. The third-order valence-electron chi connectivity index (χ3n) is 3.53. The van der Waals surface area contributed by atoms with Crippen LogP contribution in [-0.2, 0) is 6.54 Å². The van der Waals surface area contributed by atoms with E-state index in [1.54, 1.807) is 21.2 Å². The van der Waals surface area contributed by atoms with E-state index in [-0.39, 0.29) is 11.1 Å². The molecule has 0 aliphatic carbocycles. The van der Waals surface area contributed by atoms with Crippen LogP contribution in [0, 0.1) is 6.92 Å². The standard InChI is InChI=1S/C14H16N4O2/c1-3-4-7-17-10-5-6-12(19)16-13(10)18-9(2)15-8-11(18)14(17)20/h5-6,8H,3-4,7H2,1-2H3,(H,16,19). The fourth-order valence-corrected chi connectivity index (χ4v) is 2.51. The van der Waals surface area contributed by atoms with E-state index in [0.717, 1.165) is 18.4 Å². The van der Waals surface area contributed by atoms with Crippen molar-refractivity contribution in [1.82, 2.24) is 18.9 Å². The monoisotopic (exact) mass is 272 g/mol. The SMILES string of the molecule is CCCCn1c(=O)c2cnc(C)n2c2[nH]c(=O)ccc21. The van der Waals surface area contributed by atoms with Gasteiger partial charge in [0.15, 0.2) is 0 Å². The maximum atomic E-state index is 12.6. The lowest BCUT2D eigenvalue weighted by atomic mass is 10.3. The summed E-state index contributed by atoms with van der Waals surface area (Å²) in [7, 11) is 0. The van der Waals surface area contributed by atoms with Crippen molar-refractivity contribution in [2.24, 2.45) is 0 Å². The summed E-state index contributed by atoms with van der Waals surface area (Å²) in [6, 6.07) is 3.15. The second kappa shape index (κ2) is 4.63. The van der Waals surface area contributed by atoms with E-state index in [4.69, 9.17) is 0 Å². The van der Waals surface area contributed by atoms with Gasteiger partial charge in [-0.2, -0.15) is 0 Å². The van der Waals surface area contributed by atoms with Crippen LogP contribution >= 0.6 is 0 Å². The molecule has 6 nitrogen and oxygen atoms in total. The zero-order chi connectivity index (χ0) is 14.3. The molecule has 0 fully saturated rings. The molecule has 3 aromatic rings. The fourth-order valence-electron chi connectivity index (χ4n) is 2.51. The van der Waals surface area contributed by atoms with E-state index >= 15 is 0 Å². The number of rotatable bonds is 3. The number of nitrogens with zero attached hydrogens (tertiary/aromatic N) is 3. The molecule has 0 amide bonds. The predicted molar refractivity (Wildman–Crippen MR) is 77.2 cm³/mol. The summed E-state index contributed by atoms with van der Waals surface area (Å²) in [6.07, 6.45) is 3.48. The Morgan fingerprint density at radius 2 is 2.05 bits per heavy atom. The number of unbranched alkanes of at least 4 members (excludes halogenated alkanes) is 1. The maximum Gasteiger partial charge on any atom is 0.277 e. The highest BCUT2D eigenvalue weighted by Crippen LogP contribution is 2.13. The topological polar surface area (TPSA) is 72.2 Å². The van der Waals surface area contributed by atoms with E-state index in [1.807, 2.05) is 6.92 Å². The first-order valence-corrected chi connectivity index (χ1v) is 6.73. The third kappa shape index (κ3) is 1.76. The van der Waals surface area contributed by atoms with Gasteiger partial charge in [0, 0.05) is 12.6 Å². The Bertz CT molecular complexity index is 901. The summed E-state index contributed by atoms with van der Waals surface area (Å²) >= 11 is 0. The van der Waals surface area contributed by atoms with Crippen LogP contribution in [0.5, 0.6) is 0 Å². The first-order chi connectivity index (χ1) is 9.63. The highest BCUT2D eigenvalue weighted by Gasteiger charge is 2.13. The van der Waals surface area contributed by atoms with E-state index in [0.29, 0.717) is 23.5 Å². The predicted octanol–water partition coefficient (Wildman–Crippen LogP) is 1.45. The first-order valence-electron chi connectivity index (χ1n) is 6.73. The molecular formula is C14H16N4O2. The van der Waals surface area contributed by atoms with E-state index in [1.165, 1.54) is 6.07 Å². The number of hydrogen-bond acceptors (Lipinski definition) is 3. The fraction of sp³-hybridized carbons (Fsp3) is 0.357. The van der Waals surface area contributed by atoms with Crippen LogP contribution in [0.15, 0.2) is 27.9 Å².